The minimum atomic E-state index is 0.990. The van der Waals surface area contributed by atoms with Crippen molar-refractivity contribution in [3.05, 3.63) is 71.8 Å². The molecule has 0 radical (unpaired) electrons. The SMILES string of the molecule is CCCCCCc1ccc2c(ccc3oc4ccc5cc(CCCCCC)ccc5c4c32)c1. The first kappa shape index (κ1) is 22.0. The van der Waals surface area contributed by atoms with Crippen LogP contribution in [0.3, 0.4) is 0 Å². The van der Waals surface area contributed by atoms with Crippen LogP contribution < -0.4 is 0 Å². The molecule has 0 unspecified atom stereocenters. The van der Waals surface area contributed by atoms with Crippen LogP contribution in [0, 0.1) is 0 Å². The van der Waals surface area contributed by atoms with Crippen LogP contribution >= 0.6 is 0 Å². The third-order valence-electron chi connectivity index (χ3n) is 7.20. The van der Waals surface area contributed by atoms with E-state index in [1.807, 2.05) is 0 Å². The number of aryl methyl sites for hydroxylation is 2. The van der Waals surface area contributed by atoms with Gasteiger partial charge in [0.1, 0.15) is 11.2 Å². The summed E-state index contributed by atoms with van der Waals surface area (Å²) in [5.74, 6) is 0. The fourth-order valence-corrected chi connectivity index (χ4v) is 5.35. The molecule has 1 heterocycles. The van der Waals surface area contributed by atoms with Gasteiger partial charge in [0.25, 0.3) is 0 Å². The Morgan fingerprint density at radius 1 is 0.515 bits per heavy atom. The molecule has 0 aliphatic heterocycles. The lowest BCUT2D eigenvalue weighted by atomic mass is 9.96. The van der Waals surface area contributed by atoms with Gasteiger partial charge in [0.2, 0.25) is 0 Å². The molecule has 0 aliphatic carbocycles. The summed E-state index contributed by atoms with van der Waals surface area (Å²) in [5.41, 5.74) is 4.88. The Hall–Kier alpha value is -2.80. The van der Waals surface area contributed by atoms with Crippen LogP contribution in [0.1, 0.15) is 76.3 Å². The minimum absolute atomic E-state index is 0.990. The summed E-state index contributed by atoms with van der Waals surface area (Å²) >= 11 is 0. The van der Waals surface area contributed by atoms with E-state index in [2.05, 4.69) is 74.5 Å². The molecule has 1 aromatic heterocycles. The summed E-state index contributed by atoms with van der Waals surface area (Å²) in [4.78, 5) is 0. The number of hydrogen-bond donors (Lipinski definition) is 0. The van der Waals surface area contributed by atoms with E-state index in [9.17, 15) is 0 Å². The van der Waals surface area contributed by atoms with Crippen LogP contribution in [0.2, 0.25) is 0 Å². The van der Waals surface area contributed by atoms with Gasteiger partial charge in [0.15, 0.2) is 0 Å². The first-order valence-electron chi connectivity index (χ1n) is 13.1. The summed E-state index contributed by atoms with van der Waals surface area (Å²) in [6.45, 7) is 4.54. The number of benzene rings is 4. The summed E-state index contributed by atoms with van der Waals surface area (Å²) < 4.78 is 6.31. The van der Waals surface area contributed by atoms with Crippen LogP contribution in [0.15, 0.2) is 65.1 Å². The van der Waals surface area contributed by atoms with Crippen LogP contribution in [0.4, 0.5) is 0 Å². The van der Waals surface area contributed by atoms with Crippen molar-refractivity contribution in [1.82, 2.24) is 0 Å². The Morgan fingerprint density at radius 2 is 1.00 bits per heavy atom. The lowest BCUT2D eigenvalue weighted by molar-refractivity contribution is 0.667. The van der Waals surface area contributed by atoms with Crippen molar-refractivity contribution in [3.8, 4) is 0 Å². The summed E-state index contributed by atoms with van der Waals surface area (Å²) in [6.07, 6.45) is 12.8. The van der Waals surface area contributed by atoms with Gasteiger partial charge >= 0.3 is 0 Å². The van der Waals surface area contributed by atoms with E-state index in [1.54, 1.807) is 0 Å². The standard InChI is InChI=1S/C32H36O/c1-3-5-7-9-11-23-13-17-27-25(21-23)15-19-29-31(27)32-28-18-14-24(12-10-8-6-4-2)22-26(28)16-20-30(32)33-29/h13-22H,3-12H2,1-2H3. The van der Waals surface area contributed by atoms with Crippen LogP contribution in [0.25, 0.3) is 43.5 Å². The Kier molecular flexibility index (Phi) is 6.67. The average Bonchev–Trinajstić information content (AvgIpc) is 3.24. The number of hydrogen-bond acceptors (Lipinski definition) is 1. The number of rotatable bonds is 10. The van der Waals surface area contributed by atoms with Crippen LogP contribution in [-0.2, 0) is 12.8 Å². The molecule has 0 bridgehead atoms. The normalized spacial score (nSPS) is 11.9. The van der Waals surface area contributed by atoms with Crippen molar-refractivity contribution in [2.45, 2.75) is 78.1 Å². The van der Waals surface area contributed by atoms with E-state index in [4.69, 9.17) is 4.42 Å². The van der Waals surface area contributed by atoms with Gasteiger partial charge in [-0.05, 0) is 70.5 Å². The second kappa shape index (κ2) is 10.00. The molecule has 1 heteroatoms. The summed E-state index contributed by atoms with van der Waals surface area (Å²) in [7, 11) is 0. The largest absolute Gasteiger partial charge is 0.456 e. The number of fused-ring (bicyclic) bond motifs is 7. The predicted octanol–water partition coefficient (Wildman–Crippen LogP) is 10.1. The number of furan rings is 1. The molecule has 170 valence electrons. The van der Waals surface area contributed by atoms with Crippen molar-refractivity contribution < 1.29 is 4.42 Å². The van der Waals surface area contributed by atoms with E-state index >= 15 is 0 Å². The van der Waals surface area contributed by atoms with Crippen molar-refractivity contribution in [2.24, 2.45) is 0 Å². The highest BCUT2D eigenvalue weighted by Crippen LogP contribution is 2.39. The fourth-order valence-electron chi connectivity index (χ4n) is 5.35. The first-order valence-corrected chi connectivity index (χ1v) is 13.1. The van der Waals surface area contributed by atoms with Gasteiger partial charge in [-0.1, -0.05) is 101 Å². The van der Waals surface area contributed by atoms with Crippen LogP contribution in [-0.4, -0.2) is 0 Å². The van der Waals surface area contributed by atoms with Crippen LogP contribution in [0.5, 0.6) is 0 Å². The zero-order chi connectivity index (χ0) is 22.6. The lowest BCUT2D eigenvalue weighted by Crippen LogP contribution is -1.87. The molecule has 4 aromatic carbocycles. The molecule has 0 aliphatic rings. The zero-order valence-corrected chi connectivity index (χ0v) is 20.3. The Bertz CT molecular complexity index is 1280. The van der Waals surface area contributed by atoms with Gasteiger partial charge < -0.3 is 4.42 Å². The molecular formula is C32H36O. The van der Waals surface area contributed by atoms with Crippen molar-refractivity contribution >= 4 is 43.5 Å². The molecule has 0 atom stereocenters. The Balaban J connectivity index is 1.55. The Morgan fingerprint density at radius 3 is 1.45 bits per heavy atom. The minimum Gasteiger partial charge on any atom is -0.456 e. The van der Waals surface area contributed by atoms with E-state index in [1.165, 1.54) is 108 Å². The molecule has 0 N–H and O–H groups in total. The summed E-state index contributed by atoms with van der Waals surface area (Å²) in [5, 5.41) is 7.78. The topological polar surface area (TPSA) is 13.1 Å². The average molecular weight is 437 g/mol. The maximum atomic E-state index is 6.31. The highest BCUT2D eigenvalue weighted by Gasteiger charge is 2.14. The second-order valence-electron chi connectivity index (χ2n) is 9.71. The molecule has 0 spiro atoms. The molecule has 33 heavy (non-hydrogen) atoms. The molecule has 1 nitrogen and oxygen atoms in total. The van der Waals surface area contributed by atoms with Gasteiger partial charge in [-0.2, -0.15) is 0 Å². The van der Waals surface area contributed by atoms with Crippen molar-refractivity contribution in [2.75, 3.05) is 0 Å². The lowest BCUT2D eigenvalue weighted by Gasteiger charge is -2.07. The molecule has 5 rings (SSSR count). The van der Waals surface area contributed by atoms with E-state index in [-0.39, 0.29) is 0 Å². The van der Waals surface area contributed by atoms with Gasteiger partial charge in [-0.3, -0.25) is 0 Å². The zero-order valence-electron chi connectivity index (χ0n) is 20.3. The highest BCUT2D eigenvalue weighted by atomic mass is 16.3. The molecule has 0 fully saturated rings. The maximum Gasteiger partial charge on any atom is 0.136 e. The molecule has 0 saturated heterocycles. The first-order chi connectivity index (χ1) is 16.3. The van der Waals surface area contributed by atoms with Gasteiger partial charge in [-0.25, -0.2) is 0 Å². The van der Waals surface area contributed by atoms with Crippen molar-refractivity contribution in [3.63, 3.8) is 0 Å². The van der Waals surface area contributed by atoms with E-state index in [0.717, 1.165) is 11.2 Å². The smallest absolute Gasteiger partial charge is 0.136 e. The molecule has 0 amide bonds. The second-order valence-corrected chi connectivity index (χ2v) is 9.71. The maximum absolute atomic E-state index is 6.31. The predicted molar refractivity (Wildman–Crippen MR) is 144 cm³/mol. The quantitative estimate of drug-likeness (QED) is 0.198. The number of unbranched alkanes of at least 4 members (excludes halogenated alkanes) is 6. The Labute approximate surface area is 197 Å². The van der Waals surface area contributed by atoms with Gasteiger partial charge in [-0.15, -0.1) is 0 Å². The molecule has 0 saturated carbocycles. The fraction of sp³-hybridized carbons (Fsp3) is 0.375. The molecule has 5 aromatic rings. The van der Waals surface area contributed by atoms with E-state index < -0.39 is 0 Å². The third kappa shape index (κ3) is 4.51. The monoisotopic (exact) mass is 436 g/mol. The molecular weight excluding hydrogens is 400 g/mol. The highest BCUT2D eigenvalue weighted by molar-refractivity contribution is 6.26. The van der Waals surface area contributed by atoms with Crippen molar-refractivity contribution in [1.29, 1.82) is 0 Å². The van der Waals surface area contributed by atoms with Gasteiger partial charge in [0, 0.05) is 10.8 Å². The van der Waals surface area contributed by atoms with E-state index in [0.29, 0.717) is 0 Å². The summed E-state index contributed by atoms with van der Waals surface area (Å²) in [6, 6.07) is 22.8. The third-order valence-corrected chi connectivity index (χ3v) is 7.20. The van der Waals surface area contributed by atoms with Gasteiger partial charge in [0.05, 0.1) is 0 Å².